The predicted molar refractivity (Wildman–Crippen MR) is 110 cm³/mol. The number of carboxylic acids is 1. The zero-order valence-electron chi connectivity index (χ0n) is 18.1. The molecule has 0 atom stereocenters. The second kappa shape index (κ2) is 10.8. The zero-order valence-corrected chi connectivity index (χ0v) is 18.1. The average Bonchev–Trinajstić information content (AvgIpc) is 3.27. The summed E-state index contributed by atoms with van der Waals surface area (Å²) in [7, 11) is 0. The van der Waals surface area contributed by atoms with Crippen molar-refractivity contribution in [3.05, 3.63) is 35.7 Å². The average molecular weight is 454 g/mol. The van der Waals surface area contributed by atoms with Gasteiger partial charge in [-0.15, -0.1) is 5.10 Å². The maximum Gasteiger partial charge on any atom is 0.490 e. The number of hydrogen-bond donors (Lipinski definition) is 1. The summed E-state index contributed by atoms with van der Waals surface area (Å²) >= 11 is 0. The largest absolute Gasteiger partial charge is 0.490 e. The van der Waals surface area contributed by atoms with Crippen LogP contribution in [0.15, 0.2) is 18.6 Å². The van der Waals surface area contributed by atoms with Crippen LogP contribution in [0.3, 0.4) is 0 Å². The maximum atomic E-state index is 10.6. The Bertz CT molecular complexity index is 857. The van der Waals surface area contributed by atoms with Crippen LogP contribution in [0, 0.1) is 6.92 Å². The number of halogens is 3. The van der Waals surface area contributed by atoms with E-state index in [0.717, 1.165) is 38.3 Å². The van der Waals surface area contributed by atoms with Gasteiger partial charge in [-0.25, -0.2) is 19.4 Å². The Balaban J connectivity index is 0.000000360. The minimum absolute atomic E-state index is 0.496. The highest BCUT2D eigenvalue weighted by Crippen LogP contribution is 2.32. The van der Waals surface area contributed by atoms with Crippen LogP contribution in [0.25, 0.3) is 0 Å². The molecule has 1 saturated heterocycles. The first-order chi connectivity index (χ1) is 15.2. The van der Waals surface area contributed by atoms with E-state index in [1.54, 1.807) is 0 Å². The SMILES string of the molecule is Cc1ncc(CN2CCC(n3cc(C4CCCCC4)nn3)CC2)cn1.O=C(O)C(F)(F)F. The van der Waals surface area contributed by atoms with Gasteiger partial charge in [-0.2, -0.15) is 13.2 Å². The van der Waals surface area contributed by atoms with Crippen molar-refractivity contribution in [3.63, 3.8) is 0 Å². The summed E-state index contributed by atoms with van der Waals surface area (Å²) < 4.78 is 33.9. The smallest absolute Gasteiger partial charge is 0.475 e. The molecule has 2 aromatic heterocycles. The van der Waals surface area contributed by atoms with Gasteiger partial charge in [0.15, 0.2) is 0 Å². The van der Waals surface area contributed by atoms with Crippen LogP contribution in [0.1, 0.15) is 74.0 Å². The van der Waals surface area contributed by atoms with E-state index < -0.39 is 12.1 Å². The fourth-order valence-electron chi connectivity index (χ4n) is 4.16. The van der Waals surface area contributed by atoms with Crippen molar-refractivity contribution in [2.24, 2.45) is 0 Å². The molecule has 0 unspecified atom stereocenters. The summed E-state index contributed by atoms with van der Waals surface area (Å²) in [5.74, 6) is -1.28. The lowest BCUT2D eigenvalue weighted by Crippen LogP contribution is -2.34. The highest BCUT2D eigenvalue weighted by molar-refractivity contribution is 5.73. The summed E-state index contributed by atoms with van der Waals surface area (Å²) in [5, 5.41) is 16.1. The van der Waals surface area contributed by atoms with E-state index in [1.807, 2.05) is 19.3 Å². The Kier molecular flexibility index (Phi) is 8.16. The first kappa shape index (κ1) is 24.1. The first-order valence-electron chi connectivity index (χ1n) is 10.9. The van der Waals surface area contributed by atoms with Gasteiger partial charge < -0.3 is 5.11 Å². The summed E-state index contributed by atoms with van der Waals surface area (Å²) in [6.45, 7) is 5.06. The van der Waals surface area contributed by atoms with Gasteiger partial charge in [0.25, 0.3) is 0 Å². The number of aliphatic carboxylic acids is 1. The maximum absolute atomic E-state index is 10.6. The van der Waals surface area contributed by atoms with Crippen LogP contribution in [0.4, 0.5) is 13.2 Å². The Hall–Kier alpha value is -2.56. The van der Waals surface area contributed by atoms with Crippen LogP contribution in [-0.2, 0) is 11.3 Å². The van der Waals surface area contributed by atoms with Crippen molar-refractivity contribution in [2.45, 2.75) is 76.6 Å². The fourth-order valence-corrected chi connectivity index (χ4v) is 4.16. The molecule has 0 spiro atoms. The highest BCUT2D eigenvalue weighted by atomic mass is 19.4. The topological polar surface area (TPSA) is 97.0 Å². The number of piperidine rings is 1. The molecule has 11 heteroatoms. The summed E-state index contributed by atoms with van der Waals surface area (Å²) in [5.41, 5.74) is 2.42. The molecule has 0 aromatic carbocycles. The standard InChI is InChI=1S/C19H28N6.C2HF3O2/c1-15-20-11-16(12-21-15)13-24-9-7-18(8-10-24)25-14-19(22-23-25)17-5-3-2-4-6-17;3-2(4,5)1(6)7/h11-12,14,17-18H,2-10,13H2,1H3;(H,6,7). The molecule has 32 heavy (non-hydrogen) atoms. The number of carboxylic acid groups (broad SMARTS) is 1. The minimum Gasteiger partial charge on any atom is -0.475 e. The van der Waals surface area contributed by atoms with E-state index in [9.17, 15) is 13.2 Å². The lowest BCUT2D eigenvalue weighted by atomic mass is 9.87. The molecule has 0 bridgehead atoms. The molecule has 2 aromatic rings. The van der Waals surface area contributed by atoms with Crippen LogP contribution in [0.5, 0.6) is 0 Å². The van der Waals surface area contributed by atoms with Gasteiger partial charge in [0.1, 0.15) is 5.82 Å². The summed E-state index contributed by atoms with van der Waals surface area (Å²) in [6.07, 6.45) is 9.97. The van der Waals surface area contributed by atoms with Crippen molar-refractivity contribution < 1.29 is 23.1 Å². The third-order valence-corrected chi connectivity index (χ3v) is 5.97. The lowest BCUT2D eigenvalue weighted by Gasteiger charge is -2.31. The van der Waals surface area contributed by atoms with Crippen LogP contribution in [0.2, 0.25) is 0 Å². The normalized spacial score (nSPS) is 18.8. The second-order valence-electron chi connectivity index (χ2n) is 8.41. The van der Waals surface area contributed by atoms with Gasteiger partial charge >= 0.3 is 12.1 Å². The molecule has 4 rings (SSSR count). The van der Waals surface area contributed by atoms with Gasteiger partial charge in [-0.1, -0.05) is 24.5 Å². The number of nitrogens with zero attached hydrogens (tertiary/aromatic N) is 6. The molecule has 8 nitrogen and oxygen atoms in total. The Morgan fingerprint density at radius 1 is 1.09 bits per heavy atom. The Labute approximate surface area is 184 Å². The number of aromatic nitrogens is 5. The third-order valence-electron chi connectivity index (χ3n) is 5.97. The number of carbonyl (C=O) groups is 1. The molecule has 1 aliphatic heterocycles. The van der Waals surface area contributed by atoms with E-state index in [0.29, 0.717) is 12.0 Å². The Morgan fingerprint density at radius 3 is 2.25 bits per heavy atom. The number of hydrogen-bond acceptors (Lipinski definition) is 6. The van der Waals surface area contributed by atoms with Crippen molar-refractivity contribution in [3.8, 4) is 0 Å². The summed E-state index contributed by atoms with van der Waals surface area (Å²) in [6, 6.07) is 0.496. The van der Waals surface area contributed by atoms with Crippen molar-refractivity contribution in [1.29, 1.82) is 0 Å². The fraction of sp³-hybridized carbons (Fsp3) is 0.667. The first-order valence-corrected chi connectivity index (χ1v) is 10.9. The number of alkyl halides is 3. The monoisotopic (exact) mass is 454 g/mol. The molecule has 2 fully saturated rings. The van der Waals surface area contributed by atoms with Gasteiger partial charge in [0.2, 0.25) is 0 Å². The van der Waals surface area contributed by atoms with Gasteiger partial charge in [-0.05, 0) is 32.6 Å². The van der Waals surface area contributed by atoms with Crippen molar-refractivity contribution in [1.82, 2.24) is 29.9 Å². The van der Waals surface area contributed by atoms with E-state index >= 15 is 0 Å². The molecule has 0 radical (unpaired) electrons. The summed E-state index contributed by atoms with van der Waals surface area (Å²) in [4.78, 5) is 20.0. The molecule has 1 N–H and O–H groups in total. The van der Waals surface area contributed by atoms with Gasteiger partial charge in [0, 0.05) is 49.7 Å². The van der Waals surface area contributed by atoms with E-state index in [-0.39, 0.29) is 0 Å². The second-order valence-corrected chi connectivity index (χ2v) is 8.41. The number of likely N-dealkylation sites (tertiary alicyclic amines) is 1. The van der Waals surface area contributed by atoms with Gasteiger partial charge in [-0.3, -0.25) is 4.90 Å². The molecule has 0 amide bonds. The number of rotatable bonds is 4. The highest BCUT2D eigenvalue weighted by Gasteiger charge is 2.38. The van der Waals surface area contributed by atoms with Crippen LogP contribution >= 0.6 is 0 Å². The van der Waals surface area contributed by atoms with Gasteiger partial charge in [0.05, 0.1) is 11.7 Å². The van der Waals surface area contributed by atoms with E-state index in [1.165, 1.54) is 43.4 Å². The third kappa shape index (κ3) is 6.98. The zero-order chi connectivity index (χ0) is 23.1. The molecule has 3 heterocycles. The van der Waals surface area contributed by atoms with Crippen LogP contribution < -0.4 is 0 Å². The number of aryl methyl sites for hydroxylation is 1. The van der Waals surface area contributed by atoms with Crippen molar-refractivity contribution in [2.75, 3.05) is 13.1 Å². The van der Waals surface area contributed by atoms with E-state index in [2.05, 4.69) is 36.1 Å². The molecular weight excluding hydrogens is 425 g/mol. The molecule has 176 valence electrons. The van der Waals surface area contributed by atoms with E-state index in [4.69, 9.17) is 9.90 Å². The molecule has 1 aliphatic carbocycles. The lowest BCUT2D eigenvalue weighted by molar-refractivity contribution is -0.192. The Morgan fingerprint density at radius 2 is 1.69 bits per heavy atom. The predicted octanol–water partition coefficient (Wildman–Crippen LogP) is 3.89. The molecule has 1 saturated carbocycles. The van der Waals surface area contributed by atoms with Crippen molar-refractivity contribution >= 4 is 5.97 Å². The van der Waals surface area contributed by atoms with Crippen LogP contribution in [-0.4, -0.2) is 60.2 Å². The minimum atomic E-state index is -5.08. The molecule has 2 aliphatic rings. The quantitative estimate of drug-likeness (QED) is 0.748. The molecular formula is C21H29F3N6O2.